The van der Waals surface area contributed by atoms with Crippen molar-refractivity contribution in [3.8, 4) is 0 Å². The van der Waals surface area contributed by atoms with Crippen LogP contribution in [0.15, 0.2) is 12.4 Å². The van der Waals surface area contributed by atoms with Crippen LogP contribution in [-0.4, -0.2) is 29.2 Å². The van der Waals surface area contributed by atoms with Crippen molar-refractivity contribution in [3.63, 3.8) is 0 Å². The van der Waals surface area contributed by atoms with E-state index in [0.29, 0.717) is 18.5 Å². The van der Waals surface area contributed by atoms with Gasteiger partial charge in [0, 0.05) is 26.2 Å². The van der Waals surface area contributed by atoms with Crippen LogP contribution in [0, 0.1) is 0 Å². The molecule has 0 aromatic carbocycles. The van der Waals surface area contributed by atoms with Crippen molar-refractivity contribution in [2.24, 2.45) is 7.05 Å². The van der Waals surface area contributed by atoms with Crippen molar-refractivity contribution in [1.82, 2.24) is 15.1 Å². The molecule has 1 rings (SSSR count). The van der Waals surface area contributed by atoms with Crippen LogP contribution < -0.4 is 5.32 Å². The molecule has 0 aliphatic rings. The summed E-state index contributed by atoms with van der Waals surface area (Å²) in [4.78, 5) is 11.3. The van der Waals surface area contributed by atoms with E-state index in [1.165, 1.54) is 0 Å². The largest absolute Gasteiger partial charge is 0.319 e. The molecule has 1 aromatic heterocycles. The van der Waals surface area contributed by atoms with Gasteiger partial charge in [-0.1, -0.05) is 0 Å². The van der Waals surface area contributed by atoms with E-state index in [9.17, 15) is 4.79 Å². The Hall–Kier alpha value is -1.16. The zero-order chi connectivity index (χ0) is 8.97. The predicted octanol–water partition coefficient (Wildman–Crippen LogP) is 0.212. The second-order valence-corrected chi connectivity index (χ2v) is 2.68. The monoisotopic (exact) mass is 167 g/mol. The summed E-state index contributed by atoms with van der Waals surface area (Å²) in [6, 6.07) is 0. The standard InChI is InChI=1S/C8H13N3O/c1-9-4-3-8(12)7-5-10-11(2)6-7/h5-6,9H,3-4H2,1-2H3. The number of carbonyl (C=O) groups is 1. The summed E-state index contributed by atoms with van der Waals surface area (Å²) in [6.07, 6.45) is 3.86. The maximum atomic E-state index is 11.3. The molecule has 12 heavy (non-hydrogen) atoms. The van der Waals surface area contributed by atoms with E-state index >= 15 is 0 Å². The molecular weight excluding hydrogens is 154 g/mol. The topological polar surface area (TPSA) is 46.9 Å². The van der Waals surface area contributed by atoms with E-state index in [4.69, 9.17) is 0 Å². The molecule has 1 aromatic rings. The minimum absolute atomic E-state index is 0.137. The molecule has 1 heterocycles. The van der Waals surface area contributed by atoms with Crippen LogP contribution in [0.2, 0.25) is 0 Å². The van der Waals surface area contributed by atoms with E-state index in [0.717, 1.165) is 0 Å². The molecule has 0 bridgehead atoms. The van der Waals surface area contributed by atoms with Gasteiger partial charge in [-0.3, -0.25) is 9.48 Å². The lowest BCUT2D eigenvalue weighted by Gasteiger charge is -1.95. The summed E-state index contributed by atoms with van der Waals surface area (Å²) >= 11 is 0. The van der Waals surface area contributed by atoms with E-state index in [2.05, 4.69) is 10.4 Å². The van der Waals surface area contributed by atoms with Crippen LogP contribution in [0.1, 0.15) is 16.8 Å². The quantitative estimate of drug-likeness (QED) is 0.652. The summed E-state index contributed by atoms with van der Waals surface area (Å²) < 4.78 is 1.63. The fourth-order valence-electron chi connectivity index (χ4n) is 0.948. The molecule has 4 heteroatoms. The number of nitrogens with zero attached hydrogens (tertiary/aromatic N) is 2. The number of rotatable bonds is 4. The van der Waals surface area contributed by atoms with Gasteiger partial charge in [0.1, 0.15) is 0 Å². The van der Waals surface area contributed by atoms with Gasteiger partial charge < -0.3 is 5.32 Å². The van der Waals surface area contributed by atoms with Gasteiger partial charge in [-0.05, 0) is 7.05 Å². The molecule has 4 nitrogen and oxygen atoms in total. The molecule has 1 N–H and O–H groups in total. The molecule has 0 radical (unpaired) electrons. The number of carbonyl (C=O) groups excluding carboxylic acids is 1. The number of aromatic nitrogens is 2. The van der Waals surface area contributed by atoms with Gasteiger partial charge in [-0.15, -0.1) is 0 Å². The Labute approximate surface area is 71.6 Å². The van der Waals surface area contributed by atoms with E-state index in [1.807, 2.05) is 7.05 Å². The zero-order valence-electron chi connectivity index (χ0n) is 7.37. The molecule has 0 aliphatic heterocycles. The number of ketones is 1. The Kier molecular flexibility index (Phi) is 2.99. The first kappa shape index (κ1) is 8.93. The molecule has 0 saturated carbocycles. The second kappa shape index (κ2) is 4.01. The summed E-state index contributed by atoms with van der Waals surface area (Å²) in [5.74, 6) is 0.137. The lowest BCUT2D eigenvalue weighted by molar-refractivity contribution is 0.0983. The summed E-state index contributed by atoms with van der Waals surface area (Å²) in [6.45, 7) is 0.716. The Bertz CT molecular complexity index is 267. The van der Waals surface area contributed by atoms with E-state index in [1.54, 1.807) is 24.1 Å². The summed E-state index contributed by atoms with van der Waals surface area (Å²) in [7, 11) is 3.63. The Morgan fingerprint density at radius 3 is 3.00 bits per heavy atom. The molecule has 0 amide bonds. The maximum absolute atomic E-state index is 11.3. The van der Waals surface area contributed by atoms with Gasteiger partial charge in [-0.25, -0.2) is 0 Å². The average molecular weight is 167 g/mol. The highest BCUT2D eigenvalue weighted by Gasteiger charge is 2.05. The first-order valence-electron chi connectivity index (χ1n) is 3.90. The Balaban J connectivity index is 2.53. The van der Waals surface area contributed by atoms with Crippen molar-refractivity contribution < 1.29 is 4.79 Å². The lowest BCUT2D eigenvalue weighted by Crippen LogP contribution is -2.12. The van der Waals surface area contributed by atoms with E-state index < -0.39 is 0 Å². The zero-order valence-corrected chi connectivity index (χ0v) is 7.37. The summed E-state index contributed by atoms with van der Waals surface area (Å²) in [5, 5.41) is 6.85. The molecule has 0 aliphatic carbocycles. The number of nitrogens with one attached hydrogen (secondary N) is 1. The van der Waals surface area contributed by atoms with Crippen LogP contribution in [0.4, 0.5) is 0 Å². The highest BCUT2D eigenvalue weighted by Crippen LogP contribution is 2.00. The SMILES string of the molecule is CNCCC(=O)c1cnn(C)c1. The van der Waals surface area contributed by atoms with Crippen molar-refractivity contribution in [2.45, 2.75) is 6.42 Å². The van der Waals surface area contributed by atoms with Crippen LogP contribution in [0.3, 0.4) is 0 Å². The summed E-state index contributed by atoms with van der Waals surface area (Å²) in [5.41, 5.74) is 0.688. The van der Waals surface area contributed by atoms with Crippen LogP contribution in [-0.2, 0) is 7.05 Å². The molecule has 0 fully saturated rings. The highest BCUT2D eigenvalue weighted by molar-refractivity contribution is 5.95. The van der Waals surface area contributed by atoms with Crippen LogP contribution in [0.25, 0.3) is 0 Å². The highest BCUT2D eigenvalue weighted by atomic mass is 16.1. The Morgan fingerprint density at radius 2 is 2.50 bits per heavy atom. The number of aryl methyl sites for hydroxylation is 1. The predicted molar refractivity (Wildman–Crippen MR) is 46.1 cm³/mol. The molecule has 0 atom stereocenters. The van der Waals surface area contributed by atoms with Gasteiger partial charge in [0.2, 0.25) is 0 Å². The number of Topliss-reactive ketones (excluding diaryl/α,β-unsaturated/α-hetero) is 1. The van der Waals surface area contributed by atoms with Crippen molar-refractivity contribution >= 4 is 5.78 Å². The first-order chi connectivity index (χ1) is 5.74. The smallest absolute Gasteiger partial charge is 0.167 e. The second-order valence-electron chi connectivity index (χ2n) is 2.68. The number of hydrogen-bond acceptors (Lipinski definition) is 3. The average Bonchev–Trinajstić information content (AvgIpc) is 2.47. The molecule has 0 unspecified atom stereocenters. The van der Waals surface area contributed by atoms with Crippen molar-refractivity contribution in [2.75, 3.05) is 13.6 Å². The lowest BCUT2D eigenvalue weighted by atomic mass is 10.2. The Morgan fingerprint density at radius 1 is 1.75 bits per heavy atom. The van der Waals surface area contributed by atoms with Crippen LogP contribution in [0.5, 0.6) is 0 Å². The van der Waals surface area contributed by atoms with Gasteiger partial charge in [0.25, 0.3) is 0 Å². The maximum Gasteiger partial charge on any atom is 0.167 e. The third kappa shape index (κ3) is 2.17. The molecule has 0 saturated heterocycles. The third-order valence-electron chi connectivity index (χ3n) is 1.63. The third-order valence-corrected chi connectivity index (χ3v) is 1.63. The van der Waals surface area contributed by atoms with Gasteiger partial charge in [0.05, 0.1) is 11.8 Å². The minimum Gasteiger partial charge on any atom is -0.319 e. The van der Waals surface area contributed by atoms with Crippen molar-refractivity contribution in [1.29, 1.82) is 0 Å². The fourth-order valence-corrected chi connectivity index (χ4v) is 0.948. The van der Waals surface area contributed by atoms with E-state index in [-0.39, 0.29) is 5.78 Å². The van der Waals surface area contributed by atoms with Gasteiger partial charge in [-0.2, -0.15) is 5.10 Å². The van der Waals surface area contributed by atoms with Gasteiger partial charge in [0.15, 0.2) is 5.78 Å². The molecule has 66 valence electrons. The minimum atomic E-state index is 0.137. The van der Waals surface area contributed by atoms with Gasteiger partial charge >= 0.3 is 0 Å². The number of hydrogen-bond donors (Lipinski definition) is 1. The fraction of sp³-hybridized carbons (Fsp3) is 0.500. The van der Waals surface area contributed by atoms with Crippen molar-refractivity contribution in [3.05, 3.63) is 18.0 Å². The normalized spacial score (nSPS) is 10.2. The first-order valence-corrected chi connectivity index (χ1v) is 3.90. The van der Waals surface area contributed by atoms with Crippen LogP contribution >= 0.6 is 0 Å². The molecule has 0 spiro atoms. The molecular formula is C8H13N3O.